The van der Waals surface area contributed by atoms with E-state index >= 15 is 0 Å². The molecular formula is C24H27F3N2O5. The molecule has 1 amide bonds. The van der Waals surface area contributed by atoms with Gasteiger partial charge in [0.2, 0.25) is 0 Å². The lowest BCUT2D eigenvalue weighted by molar-refractivity contribution is -0.192. The number of pyridine rings is 1. The Morgan fingerprint density at radius 2 is 1.97 bits per heavy atom. The first-order valence-electron chi connectivity index (χ1n) is 10.9. The summed E-state index contributed by atoms with van der Waals surface area (Å²) in [6, 6.07) is 13.6. The molecule has 2 aliphatic rings. The van der Waals surface area contributed by atoms with E-state index in [1.54, 1.807) is 6.20 Å². The van der Waals surface area contributed by atoms with E-state index in [1.807, 2.05) is 54.3 Å². The van der Waals surface area contributed by atoms with E-state index in [9.17, 15) is 18.0 Å². The minimum absolute atomic E-state index is 0.102. The number of carboxylic acids is 1. The maximum atomic E-state index is 12.7. The Morgan fingerprint density at radius 1 is 1.24 bits per heavy atom. The molecule has 10 heteroatoms. The smallest absolute Gasteiger partial charge is 0.475 e. The minimum Gasteiger partial charge on any atom is -0.475 e. The lowest BCUT2D eigenvalue weighted by Gasteiger charge is -2.50. The topological polar surface area (TPSA) is 89.0 Å². The monoisotopic (exact) mass is 480 g/mol. The van der Waals surface area contributed by atoms with Gasteiger partial charge < -0.3 is 19.5 Å². The highest BCUT2D eigenvalue weighted by atomic mass is 19.4. The summed E-state index contributed by atoms with van der Waals surface area (Å²) < 4.78 is 43.6. The summed E-state index contributed by atoms with van der Waals surface area (Å²) in [5.41, 5.74) is 2.65. The SMILES string of the molecule is Cc1cccc(C(=O)N2CC3(C2)OCCC3CCOCc2ccccn2)c1.O=C(O)C(F)(F)F. The Morgan fingerprint density at radius 3 is 2.59 bits per heavy atom. The number of ether oxygens (including phenoxy) is 2. The molecule has 0 aliphatic carbocycles. The van der Waals surface area contributed by atoms with E-state index in [1.165, 1.54) is 0 Å². The van der Waals surface area contributed by atoms with Crippen molar-refractivity contribution >= 4 is 11.9 Å². The highest BCUT2D eigenvalue weighted by Crippen LogP contribution is 2.42. The van der Waals surface area contributed by atoms with Crippen LogP contribution in [0.15, 0.2) is 48.7 Å². The largest absolute Gasteiger partial charge is 0.490 e. The summed E-state index contributed by atoms with van der Waals surface area (Å²) in [4.78, 5) is 27.8. The zero-order valence-electron chi connectivity index (χ0n) is 18.8. The van der Waals surface area contributed by atoms with Gasteiger partial charge in [0, 0.05) is 25.0 Å². The number of hydrogen-bond donors (Lipinski definition) is 1. The second-order valence-electron chi connectivity index (χ2n) is 8.39. The van der Waals surface area contributed by atoms with Crippen molar-refractivity contribution in [1.82, 2.24) is 9.88 Å². The normalized spacial score (nSPS) is 18.7. The van der Waals surface area contributed by atoms with Crippen molar-refractivity contribution in [1.29, 1.82) is 0 Å². The van der Waals surface area contributed by atoms with Gasteiger partial charge in [-0.25, -0.2) is 4.79 Å². The van der Waals surface area contributed by atoms with Gasteiger partial charge in [-0.05, 0) is 49.9 Å². The van der Waals surface area contributed by atoms with Gasteiger partial charge >= 0.3 is 12.1 Å². The van der Waals surface area contributed by atoms with Gasteiger partial charge in [-0.15, -0.1) is 0 Å². The fraction of sp³-hybridized carbons (Fsp3) is 0.458. The lowest BCUT2D eigenvalue weighted by atomic mass is 9.79. The van der Waals surface area contributed by atoms with Crippen LogP contribution in [0.25, 0.3) is 0 Å². The van der Waals surface area contributed by atoms with E-state index in [-0.39, 0.29) is 11.5 Å². The maximum absolute atomic E-state index is 12.7. The van der Waals surface area contributed by atoms with Gasteiger partial charge in [0.05, 0.1) is 25.4 Å². The average Bonchev–Trinajstić information content (AvgIpc) is 3.20. The molecule has 0 bridgehead atoms. The van der Waals surface area contributed by atoms with Crippen molar-refractivity contribution in [3.05, 3.63) is 65.5 Å². The highest BCUT2D eigenvalue weighted by Gasteiger charge is 2.54. The lowest BCUT2D eigenvalue weighted by Crippen LogP contribution is -2.66. The zero-order chi connectivity index (χ0) is 24.8. The van der Waals surface area contributed by atoms with Crippen molar-refractivity contribution in [3.63, 3.8) is 0 Å². The first-order valence-corrected chi connectivity index (χ1v) is 10.9. The number of carbonyl (C=O) groups excluding carboxylic acids is 1. The molecule has 7 nitrogen and oxygen atoms in total. The summed E-state index contributed by atoms with van der Waals surface area (Å²) >= 11 is 0. The summed E-state index contributed by atoms with van der Waals surface area (Å²) in [5, 5.41) is 7.12. The summed E-state index contributed by atoms with van der Waals surface area (Å²) in [6.07, 6.45) is -1.30. The molecule has 1 unspecified atom stereocenters. The molecule has 4 rings (SSSR count). The van der Waals surface area contributed by atoms with Crippen LogP contribution in [0, 0.1) is 12.8 Å². The third-order valence-electron chi connectivity index (χ3n) is 5.90. The van der Waals surface area contributed by atoms with Gasteiger partial charge in [-0.2, -0.15) is 13.2 Å². The molecule has 1 spiro atoms. The van der Waals surface area contributed by atoms with Crippen LogP contribution in [0.1, 0.15) is 34.5 Å². The number of carbonyl (C=O) groups is 2. The summed E-state index contributed by atoms with van der Waals surface area (Å²) in [6.45, 7) is 5.39. The van der Waals surface area contributed by atoms with E-state index in [2.05, 4.69) is 4.98 Å². The van der Waals surface area contributed by atoms with Gasteiger partial charge in [-0.3, -0.25) is 9.78 Å². The maximum Gasteiger partial charge on any atom is 0.490 e. The summed E-state index contributed by atoms with van der Waals surface area (Å²) in [5.74, 6) is -2.21. The number of alkyl halides is 3. The van der Waals surface area contributed by atoms with Crippen LogP contribution in [0.3, 0.4) is 0 Å². The van der Waals surface area contributed by atoms with Crippen LogP contribution in [0.2, 0.25) is 0 Å². The molecule has 1 N–H and O–H groups in total. The molecule has 34 heavy (non-hydrogen) atoms. The molecule has 184 valence electrons. The number of aliphatic carboxylic acids is 1. The van der Waals surface area contributed by atoms with Crippen molar-refractivity contribution in [2.24, 2.45) is 5.92 Å². The molecule has 3 heterocycles. The number of halogens is 3. The second kappa shape index (κ2) is 11.0. The predicted molar refractivity (Wildman–Crippen MR) is 116 cm³/mol. The van der Waals surface area contributed by atoms with Gasteiger partial charge in [0.25, 0.3) is 5.91 Å². The fourth-order valence-electron chi connectivity index (χ4n) is 4.13. The quantitative estimate of drug-likeness (QED) is 0.632. The number of likely N-dealkylation sites (tertiary alicyclic amines) is 1. The minimum atomic E-state index is -5.08. The van der Waals surface area contributed by atoms with Crippen molar-refractivity contribution in [3.8, 4) is 0 Å². The number of amides is 1. The third kappa shape index (κ3) is 6.54. The molecule has 0 radical (unpaired) electrons. The zero-order valence-corrected chi connectivity index (χ0v) is 18.8. The molecule has 1 aromatic carbocycles. The van der Waals surface area contributed by atoms with E-state index in [4.69, 9.17) is 19.4 Å². The molecule has 2 saturated heterocycles. The van der Waals surface area contributed by atoms with Crippen LogP contribution >= 0.6 is 0 Å². The van der Waals surface area contributed by atoms with Gasteiger partial charge in [0.1, 0.15) is 5.60 Å². The van der Waals surface area contributed by atoms with Gasteiger partial charge in [-0.1, -0.05) is 23.8 Å². The van der Waals surface area contributed by atoms with Crippen LogP contribution in [0.5, 0.6) is 0 Å². The first-order chi connectivity index (χ1) is 16.1. The Hall–Kier alpha value is -2.98. The highest BCUT2D eigenvalue weighted by molar-refractivity contribution is 5.95. The van der Waals surface area contributed by atoms with Crippen LogP contribution in [-0.2, 0) is 20.9 Å². The standard InChI is InChI=1S/C22H26N2O3.C2HF3O2/c1-17-5-4-6-18(13-17)21(25)24-15-22(16-24)19(9-12-27-22)8-11-26-14-20-7-2-3-10-23-20;3-2(4,5)1(6)7/h2-7,10,13,19H,8-9,11-12,14-16H2,1H3;(H,6,7). The van der Waals surface area contributed by atoms with Gasteiger partial charge in [0.15, 0.2) is 0 Å². The number of aromatic nitrogens is 1. The molecule has 2 aliphatic heterocycles. The van der Waals surface area contributed by atoms with E-state index < -0.39 is 12.1 Å². The molecule has 1 atom stereocenters. The number of carboxylic acid groups (broad SMARTS) is 1. The van der Waals surface area contributed by atoms with Crippen LogP contribution < -0.4 is 0 Å². The Kier molecular flexibility index (Phi) is 8.27. The number of hydrogen-bond acceptors (Lipinski definition) is 5. The molecule has 1 aromatic heterocycles. The van der Waals surface area contributed by atoms with Crippen molar-refractivity contribution in [2.45, 2.75) is 38.1 Å². The number of rotatable bonds is 6. The molecular weight excluding hydrogens is 453 g/mol. The summed E-state index contributed by atoms with van der Waals surface area (Å²) in [7, 11) is 0. The second-order valence-corrected chi connectivity index (χ2v) is 8.39. The fourth-order valence-corrected chi connectivity index (χ4v) is 4.13. The molecule has 2 fully saturated rings. The number of aryl methyl sites for hydroxylation is 1. The predicted octanol–water partition coefficient (Wildman–Crippen LogP) is 3.86. The molecule has 0 saturated carbocycles. The number of benzene rings is 1. The van der Waals surface area contributed by atoms with E-state index in [0.717, 1.165) is 36.3 Å². The van der Waals surface area contributed by atoms with Crippen molar-refractivity contribution < 1.29 is 37.3 Å². The van der Waals surface area contributed by atoms with Crippen LogP contribution in [-0.4, -0.2) is 64.9 Å². The molecule has 2 aromatic rings. The average molecular weight is 480 g/mol. The van der Waals surface area contributed by atoms with Crippen molar-refractivity contribution in [2.75, 3.05) is 26.3 Å². The third-order valence-corrected chi connectivity index (χ3v) is 5.90. The number of nitrogens with zero attached hydrogens (tertiary/aromatic N) is 2. The Labute approximate surface area is 195 Å². The first kappa shape index (κ1) is 25.6. The Bertz CT molecular complexity index is 978. The van der Waals surface area contributed by atoms with E-state index in [0.29, 0.717) is 32.2 Å². The van der Waals surface area contributed by atoms with Crippen LogP contribution in [0.4, 0.5) is 13.2 Å². The Balaban J connectivity index is 0.000000406.